The summed E-state index contributed by atoms with van der Waals surface area (Å²) < 4.78 is 0. The first kappa shape index (κ1) is 12.6. The van der Waals surface area contributed by atoms with Crippen LogP contribution in [0.25, 0.3) is 0 Å². The van der Waals surface area contributed by atoms with E-state index in [1.165, 1.54) is 53.8 Å². The summed E-state index contributed by atoms with van der Waals surface area (Å²) in [6.45, 7) is 2.29. The number of aromatic nitrogens is 1. The predicted octanol–water partition coefficient (Wildman–Crippen LogP) is 2.48. The van der Waals surface area contributed by atoms with E-state index in [4.69, 9.17) is 4.98 Å². The van der Waals surface area contributed by atoms with E-state index in [1.54, 1.807) is 6.92 Å². The third-order valence-corrected chi connectivity index (χ3v) is 4.39. The van der Waals surface area contributed by atoms with Crippen molar-refractivity contribution in [2.75, 3.05) is 0 Å². The molecule has 1 aromatic rings. The molecule has 0 bridgehead atoms. The molecule has 2 aliphatic rings. The highest BCUT2D eigenvalue weighted by molar-refractivity contribution is 5.73. The van der Waals surface area contributed by atoms with Crippen molar-refractivity contribution in [2.45, 2.75) is 64.8 Å². The van der Waals surface area contributed by atoms with Crippen LogP contribution in [0.4, 0.5) is 0 Å². The van der Waals surface area contributed by atoms with Crippen molar-refractivity contribution in [3.63, 3.8) is 0 Å². The maximum absolute atomic E-state index is 11.2. The number of nitrogens with one attached hydrogen (secondary N) is 1. The number of carbonyl (C=O) groups is 1. The molecule has 0 spiro atoms. The van der Waals surface area contributed by atoms with Gasteiger partial charge < -0.3 is 5.32 Å². The number of hydrogen-bond acceptors (Lipinski definition) is 2. The van der Waals surface area contributed by atoms with Crippen LogP contribution in [-0.2, 0) is 37.0 Å². The minimum atomic E-state index is 0.0610. The minimum absolute atomic E-state index is 0.0610. The minimum Gasteiger partial charge on any atom is -0.352 e. The molecule has 3 heteroatoms. The number of carbonyl (C=O) groups excluding carboxylic acids is 1. The van der Waals surface area contributed by atoms with E-state index >= 15 is 0 Å². The Bertz CT molecular complexity index is 474. The number of rotatable bonds is 2. The zero-order chi connectivity index (χ0) is 13.2. The summed E-state index contributed by atoms with van der Waals surface area (Å²) in [5.41, 5.74) is 6.91. The molecule has 3 nitrogen and oxygen atoms in total. The van der Waals surface area contributed by atoms with Crippen LogP contribution in [0.5, 0.6) is 0 Å². The number of aryl methyl sites for hydroxylation is 2. The van der Waals surface area contributed by atoms with Gasteiger partial charge in [0.2, 0.25) is 5.91 Å². The van der Waals surface area contributed by atoms with Gasteiger partial charge in [-0.15, -0.1) is 0 Å². The van der Waals surface area contributed by atoms with E-state index in [-0.39, 0.29) is 5.91 Å². The highest BCUT2D eigenvalue weighted by Crippen LogP contribution is 2.31. The van der Waals surface area contributed by atoms with Crippen molar-refractivity contribution in [3.8, 4) is 0 Å². The molecule has 1 amide bonds. The quantitative estimate of drug-likeness (QED) is 0.885. The van der Waals surface area contributed by atoms with E-state index in [2.05, 4.69) is 5.32 Å². The lowest BCUT2D eigenvalue weighted by atomic mass is 9.84. The zero-order valence-corrected chi connectivity index (χ0v) is 11.7. The Kier molecular flexibility index (Phi) is 3.54. The lowest BCUT2D eigenvalue weighted by Gasteiger charge is -2.26. The van der Waals surface area contributed by atoms with E-state index in [0.717, 1.165) is 25.7 Å². The number of hydrogen-bond donors (Lipinski definition) is 1. The van der Waals surface area contributed by atoms with Gasteiger partial charge >= 0.3 is 0 Å². The molecular formula is C16H22N2O. The van der Waals surface area contributed by atoms with Gasteiger partial charge in [-0.2, -0.15) is 0 Å². The van der Waals surface area contributed by atoms with Crippen molar-refractivity contribution < 1.29 is 4.79 Å². The van der Waals surface area contributed by atoms with Crippen LogP contribution in [0.2, 0.25) is 0 Å². The normalized spacial score (nSPS) is 17.5. The van der Waals surface area contributed by atoms with Crippen molar-refractivity contribution in [1.82, 2.24) is 10.3 Å². The Hall–Kier alpha value is -1.38. The van der Waals surface area contributed by atoms with Crippen molar-refractivity contribution in [3.05, 3.63) is 28.1 Å². The van der Waals surface area contributed by atoms with Gasteiger partial charge in [-0.25, -0.2) is 0 Å². The summed E-state index contributed by atoms with van der Waals surface area (Å²) >= 11 is 0. The predicted molar refractivity (Wildman–Crippen MR) is 75.0 cm³/mol. The smallest absolute Gasteiger partial charge is 0.217 e. The summed E-state index contributed by atoms with van der Waals surface area (Å²) in [5, 5.41) is 3.00. The second-order valence-corrected chi connectivity index (χ2v) is 5.76. The van der Waals surface area contributed by atoms with Crippen molar-refractivity contribution >= 4 is 5.91 Å². The molecule has 0 atom stereocenters. The highest BCUT2D eigenvalue weighted by Gasteiger charge is 2.23. The maximum atomic E-state index is 11.2. The van der Waals surface area contributed by atoms with Crippen LogP contribution in [0.1, 0.15) is 60.7 Å². The van der Waals surface area contributed by atoms with Crippen LogP contribution < -0.4 is 5.32 Å². The Balaban J connectivity index is 2.03. The first-order valence-electron chi connectivity index (χ1n) is 7.52. The molecule has 102 valence electrons. The molecule has 0 aliphatic heterocycles. The SMILES string of the molecule is CC(=O)NCc1c2c(nc3c1CCCC3)CCCC2. The average Bonchev–Trinajstić information content (AvgIpc) is 2.43. The fourth-order valence-electron chi connectivity index (χ4n) is 3.45. The van der Waals surface area contributed by atoms with E-state index in [9.17, 15) is 4.79 Å². The maximum Gasteiger partial charge on any atom is 0.217 e. The number of nitrogens with zero attached hydrogens (tertiary/aromatic N) is 1. The van der Waals surface area contributed by atoms with Gasteiger partial charge in [0, 0.05) is 24.9 Å². The van der Waals surface area contributed by atoms with Crippen molar-refractivity contribution in [1.29, 1.82) is 0 Å². The van der Waals surface area contributed by atoms with Crippen LogP contribution in [0.3, 0.4) is 0 Å². The van der Waals surface area contributed by atoms with Gasteiger partial charge in [0.25, 0.3) is 0 Å². The lowest BCUT2D eigenvalue weighted by Crippen LogP contribution is -2.24. The molecule has 1 aromatic heterocycles. The Labute approximate surface area is 114 Å². The number of fused-ring (bicyclic) bond motifs is 2. The summed E-state index contributed by atoms with van der Waals surface area (Å²) in [6.07, 6.45) is 9.58. The van der Waals surface area contributed by atoms with Crippen LogP contribution in [-0.4, -0.2) is 10.9 Å². The molecule has 0 saturated heterocycles. The lowest BCUT2D eigenvalue weighted by molar-refractivity contribution is -0.119. The molecule has 0 aromatic carbocycles. The topological polar surface area (TPSA) is 42.0 Å². The third kappa shape index (κ3) is 2.51. The van der Waals surface area contributed by atoms with Gasteiger partial charge in [-0.1, -0.05) is 0 Å². The molecule has 0 unspecified atom stereocenters. The third-order valence-electron chi connectivity index (χ3n) is 4.39. The summed E-state index contributed by atoms with van der Waals surface area (Å²) in [5.74, 6) is 0.0610. The molecule has 0 fully saturated rings. The summed E-state index contributed by atoms with van der Waals surface area (Å²) in [7, 11) is 0. The van der Waals surface area contributed by atoms with E-state index < -0.39 is 0 Å². The van der Waals surface area contributed by atoms with Gasteiger partial charge in [0.15, 0.2) is 0 Å². The number of amides is 1. The monoisotopic (exact) mass is 258 g/mol. The fraction of sp³-hybridized carbons (Fsp3) is 0.625. The van der Waals surface area contributed by atoms with Crippen molar-refractivity contribution in [2.24, 2.45) is 0 Å². The van der Waals surface area contributed by atoms with Crippen LogP contribution >= 0.6 is 0 Å². The summed E-state index contributed by atoms with van der Waals surface area (Å²) in [6, 6.07) is 0. The Morgan fingerprint density at radius 1 is 1.00 bits per heavy atom. The van der Waals surface area contributed by atoms with Gasteiger partial charge in [-0.3, -0.25) is 9.78 Å². The molecule has 19 heavy (non-hydrogen) atoms. The largest absolute Gasteiger partial charge is 0.352 e. The van der Waals surface area contributed by atoms with E-state index in [1.807, 2.05) is 0 Å². The van der Waals surface area contributed by atoms with Gasteiger partial charge in [-0.05, 0) is 68.1 Å². The van der Waals surface area contributed by atoms with Crippen LogP contribution in [0, 0.1) is 0 Å². The molecule has 3 rings (SSSR count). The first-order chi connectivity index (χ1) is 9.25. The van der Waals surface area contributed by atoms with Gasteiger partial charge in [0.05, 0.1) is 0 Å². The molecular weight excluding hydrogens is 236 g/mol. The Morgan fingerprint density at radius 2 is 1.53 bits per heavy atom. The molecule has 1 N–H and O–H groups in total. The molecule has 0 saturated carbocycles. The molecule has 0 radical (unpaired) electrons. The fourth-order valence-corrected chi connectivity index (χ4v) is 3.45. The average molecular weight is 258 g/mol. The number of pyridine rings is 1. The Morgan fingerprint density at radius 3 is 2.05 bits per heavy atom. The second-order valence-electron chi connectivity index (χ2n) is 5.76. The van der Waals surface area contributed by atoms with Crippen LogP contribution in [0.15, 0.2) is 0 Å². The highest BCUT2D eigenvalue weighted by atomic mass is 16.1. The standard InChI is InChI=1S/C16H22N2O/c1-11(19)17-10-14-12-6-2-4-8-15(12)18-16-9-5-3-7-13(14)16/h2-10H2,1H3,(H,17,19). The van der Waals surface area contributed by atoms with E-state index in [0.29, 0.717) is 6.54 Å². The molecule has 2 aliphatic carbocycles. The second kappa shape index (κ2) is 5.32. The van der Waals surface area contributed by atoms with Gasteiger partial charge in [0.1, 0.15) is 0 Å². The first-order valence-corrected chi connectivity index (χ1v) is 7.52. The summed E-state index contributed by atoms with van der Waals surface area (Å²) in [4.78, 5) is 16.2. The molecule has 1 heterocycles. The zero-order valence-electron chi connectivity index (χ0n) is 11.7.